The summed E-state index contributed by atoms with van der Waals surface area (Å²) in [4.78, 5) is 24.4. The van der Waals surface area contributed by atoms with E-state index >= 15 is 0 Å². The Labute approximate surface area is 100 Å². The summed E-state index contributed by atoms with van der Waals surface area (Å²) in [5.41, 5.74) is 0. The van der Waals surface area contributed by atoms with Crippen LogP contribution in [0.5, 0.6) is 0 Å². The SMILES string of the molecule is CCOC(=O)N1[C@@H]2C=C[C@H]1CC(OC(C)=O)C2. The maximum absolute atomic E-state index is 11.7. The van der Waals surface area contributed by atoms with Crippen molar-refractivity contribution in [2.45, 2.75) is 44.9 Å². The molecule has 1 unspecified atom stereocenters. The zero-order valence-corrected chi connectivity index (χ0v) is 10.1. The van der Waals surface area contributed by atoms with E-state index in [-0.39, 0.29) is 30.3 Å². The third-order valence-corrected chi connectivity index (χ3v) is 3.09. The molecule has 1 saturated heterocycles. The Balaban J connectivity index is 1.99. The van der Waals surface area contributed by atoms with E-state index in [0.717, 1.165) is 0 Å². The number of esters is 1. The fraction of sp³-hybridized carbons (Fsp3) is 0.667. The van der Waals surface area contributed by atoms with Gasteiger partial charge in [-0.25, -0.2) is 4.79 Å². The highest BCUT2D eigenvalue weighted by Crippen LogP contribution is 2.32. The normalized spacial score (nSPS) is 30.2. The first-order valence-corrected chi connectivity index (χ1v) is 5.92. The molecule has 0 aromatic rings. The number of hydrogen-bond donors (Lipinski definition) is 0. The Hall–Kier alpha value is -1.52. The molecule has 17 heavy (non-hydrogen) atoms. The fourth-order valence-corrected chi connectivity index (χ4v) is 2.51. The smallest absolute Gasteiger partial charge is 0.410 e. The predicted molar refractivity (Wildman–Crippen MR) is 60.4 cm³/mol. The van der Waals surface area contributed by atoms with Gasteiger partial charge in [-0.05, 0) is 6.92 Å². The molecule has 2 aliphatic heterocycles. The van der Waals surface area contributed by atoms with Crippen molar-refractivity contribution in [3.63, 3.8) is 0 Å². The highest BCUT2D eigenvalue weighted by Gasteiger charge is 2.41. The van der Waals surface area contributed by atoms with Crippen LogP contribution >= 0.6 is 0 Å². The number of rotatable bonds is 2. The standard InChI is InChI=1S/C12H17NO4/c1-3-16-12(15)13-9-4-5-10(13)7-11(6-9)17-8(2)14/h4-5,9-11H,3,6-7H2,1-2H3/t9-,10+,11?. The molecule has 0 saturated carbocycles. The average Bonchev–Trinajstić information content (AvgIpc) is 2.50. The van der Waals surface area contributed by atoms with Gasteiger partial charge in [0, 0.05) is 19.8 Å². The van der Waals surface area contributed by atoms with Crippen LogP contribution in [0.4, 0.5) is 4.79 Å². The first-order valence-electron chi connectivity index (χ1n) is 5.92. The summed E-state index contributed by atoms with van der Waals surface area (Å²) in [5.74, 6) is -0.265. The summed E-state index contributed by atoms with van der Waals surface area (Å²) >= 11 is 0. The monoisotopic (exact) mass is 239 g/mol. The van der Waals surface area contributed by atoms with E-state index in [0.29, 0.717) is 19.4 Å². The lowest BCUT2D eigenvalue weighted by molar-refractivity contribution is -0.149. The van der Waals surface area contributed by atoms with Gasteiger partial charge in [-0.3, -0.25) is 9.69 Å². The Morgan fingerprint density at radius 2 is 1.88 bits per heavy atom. The number of hydrogen-bond acceptors (Lipinski definition) is 4. The highest BCUT2D eigenvalue weighted by molar-refractivity contribution is 5.70. The van der Waals surface area contributed by atoms with Crippen LogP contribution < -0.4 is 0 Å². The van der Waals surface area contributed by atoms with Gasteiger partial charge < -0.3 is 9.47 Å². The molecule has 2 aliphatic rings. The van der Waals surface area contributed by atoms with Gasteiger partial charge in [-0.2, -0.15) is 0 Å². The van der Waals surface area contributed by atoms with Gasteiger partial charge in [0.1, 0.15) is 6.10 Å². The largest absolute Gasteiger partial charge is 0.462 e. The van der Waals surface area contributed by atoms with Crippen LogP contribution in [-0.2, 0) is 14.3 Å². The highest BCUT2D eigenvalue weighted by atomic mass is 16.6. The third-order valence-electron chi connectivity index (χ3n) is 3.09. The molecule has 0 N–H and O–H groups in total. The van der Waals surface area contributed by atoms with E-state index < -0.39 is 0 Å². The Morgan fingerprint density at radius 3 is 2.35 bits per heavy atom. The molecule has 0 aromatic heterocycles. The number of carbonyl (C=O) groups is 2. The first-order chi connectivity index (χ1) is 8.11. The van der Waals surface area contributed by atoms with Gasteiger partial charge in [0.25, 0.3) is 0 Å². The van der Waals surface area contributed by atoms with Crippen LogP contribution in [0.1, 0.15) is 26.7 Å². The number of piperidine rings is 1. The molecule has 0 spiro atoms. The molecule has 0 aliphatic carbocycles. The zero-order valence-electron chi connectivity index (χ0n) is 10.1. The molecule has 0 radical (unpaired) electrons. The van der Waals surface area contributed by atoms with Gasteiger partial charge in [-0.1, -0.05) is 12.2 Å². The van der Waals surface area contributed by atoms with Crippen LogP contribution in [0.2, 0.25) is 0 Å². The molecule has 2 bridgehead atoms. The Kier molecular flexibility index (Phi) is 3.36. The number of carbonyl (C=O) groups excluding carboxylic acids is 2. The summed E-state index contributed by atoms with van der Waals surface area (Å²) in [6.45, 7) is 3.58. The number of fused-ring (bicyclic) bond motifs is 2. The number of amides is 1. The van der Waals surface area contributed by atoms with Crippen molar-refractivity contribution in [1.82, 2.24) is 4.90 Å². The Morgan fingerprint density at radius 1 is 1.29 bits per heavy atom. The molecule has 94 valence electrons. The maximum Gasteiger partial charge on any atom is 0.410 e. The van der Waals surface area contributed by atoms with E-state index in [1.165, 1.54) is 6.92 Å². The molecule has 2 rings (SSSR count). The van der Waals surface area contributed by atoms with Crippen LogP contribution in [-0.4, -0.2) is 41.8 Å². The summed E-state index contributed by atoms with van der Waals surface area (Å²) in [5, 5.41) is 0. The minimum atomic E-state index is -0.284. The van der Waals surface area contributed by atoms with Crippen LogP contribution in [0.25, 0.3) is 0 Å². The minimum Gasteiger partial charge on any atom is -0.462 e. The molecule has 3 atom stereocenters. The van der Waals surface area contributed by atoms with Crippen molar-refractivity contribution in [2.75, 3.05) is 6.61 Å². The topological polar surface area (TPSA) is 55.8 Å². The second-order valence-electron chi connectivity index (χ2n) is 4.33. The predicted octanol–water partition coefficient (Wildman–Crippen LogP) is 1.48. The number of ether oxygens (including phenoxy) is 2. The molecule has 5 heteroatoms. The van der Waals surface area contributed by atoms with Crippen molar-refractivity contribution < 1.29 is 19.1 Å². The van der Waals surface area contributed by atoms with Gasteiger partial charge in [0.15, 0.2) is 0 Å². The van der Waals surface area contributed by atoms with Gasteiger partial charge in [0.05, 0.1) is 18.7 Å². The van der Waals surface area contributed by atoms with Crippen LogP contribution in [0.15, 0.2) is 12.2 Å². The molecule has 5 nitrogen and oxygen atoms in total. The lowest BCUT2D eigenvalue weighted by Gasteiger charge is -2.37. The molecular weight excluding hydrogens is 222 g/mol. The second kappa shape index (κ2) is 4.77. The van der Waals surface area contributed by atoms with Crippen molar-refractivity contribution in [3.05, 3.63) is 12.2 Å². The minimum absolute atomic E-state index is 0.00264. The molecule has 1 fully saturated rings. The van der Waals surface area contributed by atoms with E-state index in [1.54, 1.807) is 11.8 Å². The molecular formula is C12H17NO4. The van der Waals surface area contributed by atoms with E-state index in [1.807, 2.05) is 12.2 Å². The lowest BCUT2D eigenvalue weighted by atomic mass is 9.99. The fourth-order valence-electron chi connectivity index (χ4n) is 2.51. The van der Waals surface area contributed by atoms with Crippen molar-refractivity contribution in [3.8, 4) is 0 Å². The molecule has 2 heterocycles. The summed E-state index contributed by atoms with van der Waals surface area (Å²) in [6, 6.07) is -0.00528. The average molecular weight is 239 g/mol. The van der Waals surface area contributed by atoms with Crippen molar-refractivity contribution in [1.29, 1.82) is 0 Å². The summed E-state index contributed by atoms with van der Waals surface area (Å²) in [6.07, 6.45) is 4.92. The maximum atomic E-state index is 11.7. The van der Waals surface area contributed by atoms with Crippen molar-refractivity contribution in [2.24, 2.45) is 0 Å². The van der Waals surface area contributed by atoms with Gasteiger partial charge >= 0.3 is 12.1 Å². The molecule has 1 amide bonds. The zero-order chi connectivity index (χ0) is 12.4. The van der Waals surface area contributed by atoms with E-state index in [9.17, 15) is 9.59 Å². The van der Waals surface area contributed by atoms with Crippen LogP contribution in [0.3, 0.4) is 0 Å². The summed E-state index contributed by atoms with van der Waals surface area (Å²) < 4.78 is 10.2. The van der Waals surface area contributed by atoms with Gasteiger partial charge in [0.2, 0.25) is 0 Å². The van der Waals surface area contributed by atoms with E-state index in [4.69, 9.17) is 9.47 Å². The van der Waals surface area contributed by atoms with Gasteiger partial charge in [-0.15, -0.1) is 0 Å². The van der Waals surface area contributed by atoms with Crippen molar-refractivity contribution >= 4 is 12.1 Å². The quantitative estimate of drug-likeness (QED) is 0.541. The summed E-state index contributed by atoms with van der Waals surface area (Å²) in [7, 11) is 0. The molecule has 0 aromatic carbocycles. The lowest BCUT2D eigenvalue weighted by Crippen LogP contribution is -2.49. The van der Waals surface area contributed by atoms with Crippen LogP contribution in [0, 0.1) is 0 Å². The van der Waals surface area contributed by atoms with E-state index in [2.05, 4.69) is 0 Å². The first kappa shape index (κ1) is 12.0. The Bertz CT molecular complexity index is 336. The second-order valence-corrected chi connectivity index (χ2v) is 4.33. The third kappa shape index (κ3) is 2.43. The number of nitrogens with zero attached hydrogens (tertiary/aromatic N) is 1.